The highest BCUT2D eigenvalue weighted by Crippen LogP contribution is 2.46. The molecule has 3 aromatic carbocycles. The number of hydrogen-bond acceptors (Lipinski definition) is 3. The highest BCUT2D eigenvalue weighted by atomic mass is 16.3. The number of aliphatic hydroxyl groups is 1. The molecule has 2 saturated heterocycles. The van der Waals surface area contributed by atoms with Gasteiger partial charge in [-0.1, -0.05) is 54.6 Å². The molecular formula is C25H24N2O. The first-order valence-electron chi connectivity index (χ1n) is 10.1. The fourth-order valence-electron chi connectivity index (χ4n) is 5.44. The molecule has 3 nitrogen and oxygen atoms in total. The Labute approximate surface area is 165 Å². The van der Waals surface area contributed by atoms with Crippen molar-refractivity contribution in [1.82, 2.24) is 0 Å². The molecule has 0 amide bonds. The first-order chi connectivity index (χ1) is 13.7. The molecular weight excluding hydrogens is 344 g/mol. The lowest BCUT2D eigenvalue weighted by Gasteiger charge is -2.45. The molecule has 0 unspecified atom stereocenters. The molecule has 0 saturated carbocycles. The molecule has 2 aliphatic heterocycles. The second kappa shape index (κ2) is 6.65. The molecule has 3 heteroatoms. The van der Waals surface area contributed by atoms with E-state index < -0.39 is 5.60 Å². The summed E-state index contributed by atoms with van der Waals surface area (Å²) in [6.07, 6.45) is 4.56. The fourth-order valence-corrected chi connectivity index (χ4v) is 5.44. The zero-order valence-electron chi connectivity index (χ0n) is 15.9. The van der Waals surface area contributed by atoms with Crippen LogP contribution in [0.25, 0.3) is 10.8 Å². The number of hydrogen-bond donors (Lipinski definition) is 1. The van der Waals surface area contributed by atoms with Gasteiger partial charge in [0.05, 0.1) is 17.2 Å². The van der Waals surface area contributed by atoms with Crippen molar-refractivity contribution in [2.45, 2.75) is 49.8 Å². The molecule has 3 aromatic rings. The van der Waals surface area contributed by atoms with Crippen LogP contribution >= 0.6 is 0 Å². The van der Waals surface area contributed by atoms with E-state index in [1.165, 1.54) is 11.3 Å². The molecule has 0 spiro atoms. The van der Waals surface area contributed by atoms with Crippen LogP contribution < -0.4 is 4.90 Å². The Balaban J connectivity index is 1.48. The summed E-state index contributed by atoms with van der Waals surface area (Å²) in [7, 11) is 0. The van der Waals surface area contributed by atoms with Gasteiger partial charge >= 0.3 is 0 Å². The molecule has 0 aliphatic carbocycles. The molecule has 2 aliphatic rings. The van der Waals surface area contributed by atoms with E-state index in [-0.39, 0.29) is 0 Å². The van der Waals surface area contributed by atoms with Gasteiger partial charge in [-0.15, -0.1) is 0 Å². The van der Waals surface area contributed by atoms with E-state index in [1.54, 1.807) is 0 Å². The standard InChI is InChI=1S/C25H24N2O/c26-17-19-10-13-24(23-9-5-4-8-22(19)23)27-20-11-12-21(27)16-25(28,15-20)14-18-6-2-1-3-7-18/h1-10,13,20-21,28H,11-12,14-16H2/t20-,21+,25+. The van der Waals surface area contributed by atoms with Gasteiger partial charge in [-0.3, -0.25) is 0 Å². The summed E-state index contributed by atoms with van der Waals surface area (Å²) in [5, 5.41) is 23.0. The first-order valence-corrected chi connectivity index (χ1v) is 10.1. The molecule has 140 valence electrons. The largest absolute Gasteiger partial charge is 0.389 e. The normalized spacial score (nSPS) is 26.4. The summed E-state index contributed by atoms with van der Waals surface area (Å²) in [5.74, 6) is 0. The first kappa shape index (κ1) is 17.3. The Morgan fingerprint density at radius 3 is 2.21 bits per heavy atom. The van der Waals surface area contributed by atoms with Gasteiger partial charge in [-0.05, 0) is 43.4 Å². The van der Waals surface area contributed by atoms with E-state index in [0.29, 0.717) is 12.1 Å². The van der Waals surface area contributed by atoms with Crippen LogP contribution in [0, 0.1) is 11.3 Å². The number of nitriles is 1. The second-order valence-electron chi connectivity index (χ2n) is 8.38. The van der Waals surface area contributed by atoms with E-state index in [4.69, 9.17) is 0 Å². The summed E-state index contributed by atoms with van der Waals surface area (Å²) in [6, 6.07) is 25.6. The highest BCUT2D eigenvalue weighted by Gasteiger charge is 2.47. The molecule has 1 N–H and O–H groups in total. The third kappa shape index (κ3) is 2.85. The van der Waals surface area contributed by atoms with Crippen molar-refractivity contribution in [2.24, 2.45) is 0 Å². The molecule has 28 heavy (non-hydrogen) atoms. The molecule has 0 radical (unpaired) electrons. The lowest BCUT2D eigenvalue weighted by atomic mass is 9.81. The second-order valence-corrected chi connectivity index (χ2v) is 8.38. The fraction of sp³-hybridized carbons (Fsp3) is 0.320. The maximum absolute atomic E-state index is 11.4. The van der Waals surface area contributed by atoms with Crippen molar-refractivity contribution in [3.05, 3.63) is 77.9 Å². The zero-order chi connectivity index (χ0) is 19.1. The Kier molecular flexibility index (Phi) is 4.10. The number of piperidine rings is 1. The summed E-state index contributed by atoms with van der Waals surface area (Å²) < 4.78 is 0. The third-order valence-electron chi connectivity index (χ3n) is 6.53. The monoisotopic (exact) mass is 368 g/mol. The quantitative estimate of drug-likeness (QED) is 0.721. The Morgan fingerprint density at radius 2 is 1.54 bits per heavy atom. The molecule has 3 atom stereocenters. The van der Waals surface area contributed by atoms with Crippen LogP contribution in [0.2, 0.25) is 0 Å². The van der Waals surface area contributed by atoms with Crippen LogP contribution in [-0.2, 0) is 6.42 Å². The van der Waals surface area contributed by atoms with E-state index in [2.05, 4.69) is 35.2 Å². The summed E-state index contributed by atoms with van der Waals surface area (Å²) >= 11 is 0. The van der Waals surface area contributed by atoms with E-state index in [0.717, 1.165) is 48.4 Å². The average molecular weight is 368 g/mol. The van der Waals surface area contributed by atoms with Gasteiger partial charge in [0.2, 0.25) is 0 Å². The van der Waals surface area contributed by atoms with Gasteiger partial charge in [-0.2, -0.15) is 5.26 Å². The Morgan fingerprint density at radius 1 is 0.893 bits per heavy atom. The minimum Gasteiger partial charge on any atom is -0.389 e. The van der Waals surface area contributed by atoms with E-state index >= 15 is 0 Å². The maximum atomic E-state index is 11.4. The van der Waals surface area contributed by atoms with Gasteiger partial charge in [0.25, 0.3) is 0 Å². The van der Waals surface area contributed by atoms with Gasteiger partial charge in [0, 0.05) is 35.0 Å². The van der Waals surface area contributed by atoms with Gasteiger partial charge in [-0.25, -0.2) is 0 Å². The van der Waals surface area contributed by atoms with Crippen molar-refractivity contribution in [2.75, 3.05) is 4.90 Å². The summed E-state index contributed by atoms with van der Waals surface area (Å²) in [6.45, 7) is 0. The number of anilines is 1. The molecule has 2 fully saturated rings. The summed E-state index contributed by atoms with van der Waals surface area (Å²) in [5.41, 5.74) is 2.52. The summed E-state index contributed by atoms with van der Waals surface area (Å²) in [4.78, 5) is 2.53. The third-order valence-corrected chi connectivity index (χ3v) is 6.53. The van der Waals surface area contributed by atoms with Crippen molar-refractivity contribution in [1.29, 1.82) is 5.26 Å². The van der Waals surface area contributed by atoms with Crippen LogP contribution in [0.15, 0.2) is 66.7 Å². The predicted octanol–water partition coefficient (Wildman–Crippen LogP) is 4.82. The lowest BCUT2D eigenvalue weighted by Crippen LogP contribution is -2.52. The zero-order valence-corrected chi connectivity index (χ0v) is 15.9. The maximum Gasteiger partial charge on any atom is 0.0998 e. The van der Waals surface area contributed by atoms with Crippen LogP contribution in [0.1, 0.15) is 36.8 Å². The number of fused-ring (bicyclic) bond motifs is 3. The Bertz CT molecular complexity index is 1040. The van der Waals surface area contributed by atoms with Gasteiger partial charge in [0.1, 0.15) is 0 Å². The van der Waals surface area contributed by atoms with Gasteiger partial charge < -0.3 is 10.0 Å². The SMILES string of the molecule is N#Cc1ccc(N2[C@@H]3CC[C@H]2C[C@](O)(Cc2ccccc2)C3)c2ccccc12. The topological polar surface area (TPSA) is 47.3 Å². The van der Waals surface area contributed by atoms with Crippen molar-refractivity contribution in [3.8, 4) is 6.07 Å². The van der Waals surface area contributed by atoms with Crippen molar-refractivity contribution < 1.29 is 5.11 Å². The highest BCUT2D eigenvalue weighted by molar-refractivity contribution is 5.98. The molecule has 2 heterocycles. The lowest BCUT2D eigenvalue weighted by molar-refractivity contribution is 0.00220. The number of rotatable bonds is 3. The van der Waals surface area contributed by atoms with Crippen LogP contribution in [0.3, 0.4) is 0 Å². The van der Waals surface area contributed by atoms with Crippen LogP contribution in [0.4, 0.5) is 5.69 Å². The van der Waals surface area contributed by atoms with Crippen LogP contribution in [0.5, 0.6) is 0 Å². The van der Waals surface area contributed by atoms with E-state index in [9.17, 15) is 10.4 Å². The van der Waals surface area contributed by atoms with E-state index in [1.807, 2.05) is 42.5 Å². The van der Waals surface area contributed by atoms with Gasteiger partial charge in [0.15, 0.2) is 0 Å². The van der Waals surface area contributed by atoms with Crippen molar-refractivity contribution in [3.63, 3.8) is 0 Å². The minimum absolute atomic E-state index is 0.351. The predicted molar refractivity (Wildman–Crippen MR) is 112 cm³/mol. The molecule has 0 aromatic heterocycles. The number of benzene rings is 3. The Hall–Kier alpha value is -2.83. The minimum atomic E-state index is -0.633. The number of nitrogens with zero attached hydrogens (tertiary/aromatic N) is 2. The molecule has 2 bridgehead atoms. The molecule has 5 rings (SSSR count). The smallest absolute Gasteiger partial charge is 0.0998 e. The van der Waals surface area contributed by atoms with Crippen LogP contribution in [-0.4, -0.2) is 22.8 Å². The van der Waals surface area contributed by atoms with Crippen molar-refractivity contribution >= 4 is 16.5 Å². The average Bonchev–Trinajstić information content (AvgIpc) is 2.99.